The molecule has 0 aromatic rings. The third kappa shape index (κ3) is 2.99. The van der Waals surface area contributed by atoms with E-state index in [1.807, 2.05) is 6.92 Å². The number of carbonyl (C=O) groups excluding carboxylic acids is 1. The van der Waals surface area contributed by atoms with E-state index in [4.69, 9.17) is 5.73 Å². The largest absolute Gasteiger partial charge is 0.368 e. The molecular formula is C13H25N3O. The van der Waals surface area contributed by atoms with E-state index in [9.17, 15) is 4.79 Å². The van der Waals surface area contributed by atoms with Crippen molar-refractivity contribution in [2.24, 2.45) is 5.73 Å². The molecule has 1 unspecified atom stereocenters. The van der Waals surface area contributed by atoms with Crippen LogP contribution in [0, 0.1) is 0 Å². The van der Waals surface area contributed by atoms with Crippen LogP contribution in [0.2, 0.25) is 0 Å². The molecule has 0 radical (unpaired) electrons. The Morgan fingerprint density at radius 1 is 1.24 bits per heavy atom. The van der Waals surface area contributed by atoms with Crippen molar-refractivity contribution in [3.63, 3.8) is 0 Å². The summed E-state index contributed by atoms with van der Waals surface area (Å²) in [6.07, 6.45) is 6.35. The van der Waals surface area contributed by atoms with Gasteiger partial charge < -0.3 is 5.73 Å². The molecule has 0 spiro atoms. The number of primary amides is 1. The first-order valence-electron chi connectivity index (χ1n) is 6.99. The number of amides is 1. The van der Waals surface area contributed by atoms with Crippen LogP contribution in [0.3, 0.4) is 0 Å². The van der Waals surface area contributed by atoms with Crippen molar-refractivity contribution in [2.45, 2.75) is 51.1 Å². The first-order valence-corrected chi connectivity index (χ1v) is 6.99. The SMILES string of the molecule is CCC(C(N)=O)N1CCN(C2CCCC2)CC1. The lowest BCUT2D eigenvalue weighted by Crippen LogP contribution is -2.55. The minimum Gasteiger partial charge on any atom is -0.368 e. The summed E-state index contributed by atoms with van der Waals surface area (Å²) in [6.45, 7) is 6.25. The van der Waals surface area contributed by atoms with Gasteiger partial charge in [0.25, 0.3) is 0 Å². The highest BCUT2D eigenvalue weighted by molar-refractivity contribution is 5.79. The summed E-state index contributed by atoms with van der Waals surface area (Å²) in [5.41, 5.74) is 5.44. The zero-order valence-electron chi connectivity index (χ0n) is 10.9. The standard InChI is InChI=1S/C13H25N3O/c1-2-12(13(14)17)16-9-7-15(8-10-16)11-5-3-4-6-11/h11-12H,2-10H2,1H3,(H2,14,17). The van der Waals surface area contributed by atoms with Gasteiger partial charge in [-0.2, -0.15) is 0 Å². The monoisotopic (exact) mass is 239 g/mol. The first kappa shape index (κ1) is 12.8. The van der Waals surface area contributed by atoms with E-state index in [0.717, 1.165) is 38.6 Å². The lowest BCUT2D eigenvalue weighted by atomic mass is 10.1. The average molecular weight is 239 g/mol. The number of hydrogen-bond donors (Lipinski definition) is 1. The Hall–Kier alpha value is -0.610. The van der Waals surface area contributed by atoms with Crippen molar-refractivity contribution in [1.29, 1.82) is 0 Å². The molecule has 1 atom stereocenters. The predicted molar refractivity (Wildman–Crippen MR) is 68.7 cm³/mol. The second kappa shape index (κ2) is 5.83. The Bertz CT molecular complexity index is 255. The van der Waals surface area contributed by atoms with Gasteiger partial charge in [0.1, 0.15) is 0 Å². The Balaban J connectivity index is 1.82. The first-order chi connectivity index (χ1) is 8.22. The van der Waals surface area contributed by atoms with E-state index in [-0.39, 0.29) is 11.9 Å². The highest BCUT2D eigenvalue weighted by Crippen LogP contribution is 2.24. The summed E-state index contributed by atoms with van der Waals surface area (Å²) in [7, 11) is 0. The van der Waals surface area contributed by atoms with Crippen LogP contribution < -0.4 is 5.73 Å². The topological polar surface area (TPSA) is 49.6 Å². The van der Waals surface area contributed by atoms with Gasteiger partial charge in [-0.25, -0.2) is 0 Å². The Morgan fingerprint density at radius 2 is 1.82 bits per heavy atom. The highest BCUT2D eigenvalue weighted by atomic mass is 16.1. The number of nitrogens with zero attached hydrogens (tertiary/aromatic N) is 2. The van der Waals surface area contributed by atoms with Gasteiger partial charge in [-0.1, -0.05) is 19.8 Å². The van der Waals surface area contributed by atoms with Crippen molar-refractivity contribution in [3.05, 3.63) is 0 Å². The fraction of sp³-hybridized carbons (Fsp3) is 0.923. The second-order valence-corrected chi connectivity index (χ2v) is 5.34. The highest BCUT2D eigenvalue weighted by Gasteiger charge is 2.29. The van der Waals surface area contributed by atoms with Crippen LogP contribution in [0.15, 0.2) is 0 Å². The van der Waals surface area contributed by atoms with Gasteiger partial charge in [0.2, 0.25) is 5.91 Å². The zero-order chi connectivity index (χ0) is 12.3. The normalized spacial score (nSPS) is 26.2. The molecule has 2 rings (SSSR count). The summed E-state index contributed by atoms with van der Waals surface area (Å²) < 4.78 is 0. The summed E-state index contributed by atoms with van der Waals surface area (Å²) in [5.74, 6) is -0.165. The molecule has 1 saturated heterocycles. The molecule has 17 heavy (non-hydrogen) atoms. The van der Waals surface area contributed by atoms with Gasteiger partial charge >= 0.3 is 0 Å². The minimum atomic E-state index is -0.165. The molecule has 4 heteroatoms. The molecule has 0 aromatic carbocycles. The van der Waals surface area contributed by atoms with Crippen LogP contribution in [0.25, 0.3) is 0 Å². The summed E-state index contributed by atoms with van der Waals surface area (Å²) in [5, 5.41) is 0. The van der Waals surface area contributed by atoms with Crippen molar-refractivity contribution in [3.8, 4) is 0 Å². The molecule has 2 N–H and O–H groups in total. The molecule has 2 fully saturated rings. The smallest absolute Gasteiger partial charge is 0.234 e. The molecule has 1 aliphatic carbocycles. The van der Waals surface area contributed by atoms with E-state index in [0.29, 0.717) is 0 Å². The molecule has 98 valence electrons. The number of hydrogen-bond acceptors (Lipinski definition) is 3. The second-order valence-electron chi connectivity index (χ2n) is 5.34. The lowest BCUT2D eigenvalue weighted by Gasteiger charge is -2.40. The number of carbonyl (C=O) groups is 1. The van der Waals surface area contributed by atoms with Crippen molar-refractivity contribution in [2.75, 3.05) is 26.2 Å². The number of piperazine rings is 1. The molecule has 0 bridgehead atoms. The maximum absolute atomic E-state index is 11.3. The third-order valence-corrected chi connectivity index (χ3v) is 4.35. The molecule has 2 aliphatic rings. The van der Waals surface area contributed by atoms with Crippen molar-refractivity contribution in [1.82, 2.24) is 9.80 Å². The van der Waals surface area contributed by atoms with E-state index < -0.39 is 0 Å². The van der Waals surface area contributed by atoms with Crippen LogP contribution in [0.4, 0.5) is 0 Å². The maximum Gasteiger partial charge on any atom is 0.234 e. The Labute approximate surface area is 104 Å². The summed E-state index contributed by atoms with van der Waals surface area (Å²) >= 11 is 0. The van der Waals surface area contributed by atoms with Crippen LogP contribution in [0.1, 0.15) is 39.0 Å². The third-order valence-electron chi connectivity index (χ3n) is 4.35. The predicted octanol–water partition coefficient (Wildman–Crippen LogP) is 0.811. The van der Waals surface area contributed by atoms with Crippen LogP contribution in [-0.4, -0.2) is 54.0 Å². The van der Waals surface area contributed by atoms with Gasteiger partial charge in [-0.05, 0) is 19.3 Å². The van der Waals surface area contributed by atoms with E-state index in [1.54, 1.807) is 0 Å². The molecule has 1 aliphatic heterocycles. The molecule has 1 amide bonds. The molecule has 0 aromatic heterocycles. The Kier molecular flexibility index (Phi) is 4.40. The minimum absolute atomic E-state index is 0.0549. The lowest BCUT2D eigenvalue weighted by molar-refractivity contribution is -0.124. The van der Waals surface area contributed by atoms with Crippen LogP contribution in [0.5, 0.6) is 0 Å². The quantitative estimate of drug-likeness (QED) is 0.790. The molecule has 1 heterocycles. The fourth-order valence-electron chi connectivity index (χ4n) is 3.32. The van der Waals surface area contributed by atoms with Gasteiger partial charge in [0.05, 0.1) is 6.04 Å². The van der Waals surface area contributed by atoms with E-state index >= 15 is 0 Å². The molecule has 4 nitrogen and oxygen atoms in total. The van der Waals surface area contributed by atoms with Crippen LogP contribution >= 0.6 is 0 Å². The van der Waals surface area contributed by atoms with E-state index in [1.165, 1.54) is 25.7 Å². The average Bonchev–Trinajstić information content (AvgIpc) is 2.84. The number of rotatable bonds is 4. The van der Waals surface area contributed by atoms with Gasteiger partial charge in [-0.3, -0.25) is 14.6 Å². The van der Waals surface area contributed by atoms with E-state index in [2.05, 4.69) is 9.80 Å². The fourth-order valence-corrected chi connectivity index (χ4v) is 3.32. The van der Waals surface area contributed by atoms with Crippen molar-refractivity contribution >= 4 is 5.91 Å². The maximum atomic E-state index is 11.3. The summed E-state index contributed by atoms with van der Waals surface area (Å²) in [6, 6.07) is 0.756. The van der Waals surface area contributed by atoms with Gasteiger partial charge in [-0.15, -0.1) is 0 Å². The summed E-state index contributed by atoms with van der Waals surface area (Å²) in [4.78, 5) is 16.2. The van der Waals surface area contributed by atoms with Gasteiger partial charge in [0.15, 0.2) is 0 Å². The molecule has 1 saturated carbocycles. The van der Waals surface area contributed by atoms with Crippen LogP contribution in [-0.2, 0) is 4.79 Å². The zero-order valence-corrected chi connectivity index (χ0v) is 10.9. The molecular weight excluding hydrogens is 214 g/mol. The van der Waals surface area contributed by atoms with Crippen molar-refractivity contribution < 1.29 is 4.79 Å². The Morgan fingerprint density at radius 3 is 2.29 bits per heavy atom. The van der Waals surface area contributed by atoms with Gasteiger partial charge in [0, 0.05) is 32.2 Å². The number of nitrogens with two attached hydrogens (primary N) is 1.